The molecule has 2 rings (SSSR count). The van der Waals surface area contributed by atoms with Crippen molar-refractivity contribution in [1.82, 2.24) is 9.97 Å². The molecule has 0 aromatic carbocycles. The van der Waals surface area contributed by atoms with E-state index in [1.807, 2.05) is 0 Å². The van der Waals surface area contributed by atoms with Crippen molar-refractivity contribution < 1.29 is 9.50 Å². The summed E-state index contributed by atoms with van der Waals surface area (Å²) in [4.78, 5) is 7.31. The smallest absolute Gasteiger partial charge is 0.224 e. The number of rotatable bonds is 3. The topological polar surface area (TPSA) is 58.0 Å². The summed E-state index contributed by atoms with van der Waals surface area (Å²) in [6, 6.07) is 0. The molecule has 1 aliphatic rings. The van der Waals surface area contributed by atoms with Gasteiger partial charge in [0.1, 0.15) is 0 Å². The minimum absolute atomic E-state index is 0.00763. The van der Waals surface area contributed by atoms with E-state index in [0.717, 1.165) is 44.7 Å². The summed E-state index contributed by atoms with van der Waals surface area (Å²) >= 11 is 5.61. The Hall–Kier alpha value is -0.940. The normalized spacial score (nSPS) is 19.3. The van der Waals surface area contributed by atoms with Gasteiger partial charge >= 0.3 is 0 Å². The van der Waals surface area contributed by atoms with E-state index in [1.165, 1.54) is 0 Å². The molecular weight excluding hydrogens is 257 g/mol. The molecule has 0 radical (unpaired) electrons. The summed E-state index contributed by atoms with van der Waals surface area (Å²) in [6.07, 6.45) is 6.80. The van der Waals surface area contributed by atoms with Gasteiger partial charge in [0.15, 0.2) is 11.6 Å². The number of aliphatic hydroxyl groups is 1. The van der Waals surface area contributed by atoms with Crippen LogP contribution in [0.2, 0.25) is 5.28 Å². The lowest BCUT2D eigenvalue weighted by Crippen LogP contribution is -2.36. The molecule has 0 atom stereocenters. The van der Waals surface area contributed by atoms with Gasteiger partial charge in [0.2, 0.25) is 5.28 Å². The zero-order valence-electron chi connectivity index (χ0n) is 10.1. The molecule has 18 heavy (non-hydrogen) atoms. The zero-order valence-corrected chi connectivity index (χ0v) is 10.9. The van der Waals surface area contributed by atoms with Gasteiger partial charge in [0, 0.05) is 6.54 Å². The van der Waals surface area contributed by atoms with Crippen molar-refractivity contribution in [2.45, 2.75) is 44.1 Å². The van der Waals surface area contributed by atoms with Gasteiger partial charge < -0.3 is 10.4 Å². The lowest BCUT2D eigenvalue weighted by molar-refractivity contribution is 0.0380. The van der Waals surface area contributed by atoms with Crippen LogP contribution < -0.4 is 5.32 Å². The van der Waals surface area contributed by atoms with Crippen molar-refractivity contribution in [3.8, 4) is 0 Å². The number of hydrogen-bond acceptors (Lipinski definition) is 4. The van der Waals surface area contributed by atoms with Crippen LogP contribution in [-0.2, 0) is 0 Å². The number of halogens is 2. The monoisotopic (exact) mass is 273 g/mol. The highest BCUT2D eigenvalue weighted by molar-refractivity contribution is 6.28. The molecule has 1 aromatic rings. The first-order chi connectivity index (χ1) is 8.59. The first kappa shape index (κ1) is 13.5. The Labute approximate surface area is 111 Å². The Kier molecular flexibility index (Phi) is 4.35. The van der Waals surface area contributed by atoms with Crippen molar-refractivity contribution in [3.05, 3.63) is 17.3 Å². The molecule has 0 amide bonds. The highest BCUT2D eigenvalue weighted by Gasteiger charge is 2.28. The third-order valence-electron chi connectivity index (χ3n) is 3.33. The predicted molar refractivity (Wildman–Crippen MR) is 68.1 cm³/mol. The fourth-order valence-corrected chi connectivity index (χ4v) is 2.41. The van der Waals surface area contributed by atoms with Crippen LogP contribution in [0.15, 0.2) is 6.20 Å². The van der Waals surface area contributed by atoms with Crippen LogP contribution in [0, 0.1) is 5.82 Å². The highest BCUT2D eigenvalue weighted by atomic mass is 35.5. The Bertz CT molecular complexity index is 408. The SMILES string of the molecule is OC1(CNc2nc(Cl)ncc2F)CCCCCC1. The lowest BCUT2D eigenvalue weighted by Gasteiger charge is -2.27. The fraction of sp³-hybridized carbons (Fsp3) is 0.667. The van der Waals surface area contributed by atoms with Crippen LogP contribution in [0.25, 0.3) is 0 Å². The second kappa shape index (κ2) is 5.80. The summed E-state index contributed by atoms with van der Waals surface area (Å²) in [6.45, 7) is 0.289. The standard InChI is InChI=1S/C12H17ClFN3O/c13-11-15-7-9(14)10(17-11)16-8-12(18)5-3-1-2-4-6-12/h7,18H,1-6,8H2,(H,15,16,17). The van der Waals surface area contributed by atoms with Crippen molar-refractivity contribution >= 4 is 17.4 Å². The van der Waals surface area contributed by atoms with Gasteiger partial charge in [-0.1, -0.05) is 25.7 Å². The Balaban J connectivity index is 1.99. The zero-order chi connectivity index (χ0) is 13.0. The average molecular weight is 274 g/mol. The molecular formula is C12H17ClFN3O. The predicted octanol–water partition coefficient (Wildman–Crippen LogP) is 2.77. The Morgan fingerprint density at radius 3 is 2.67 bits per heavy atom. The fourth-order valence-electron chi connectivity index (χ4n) is 2.28. The molecule has 1 aliphatic carbocycles. The molecule has 0 saturated heterocycles. The van der Waals surface area contributed by atoms with E-state index in [1.54, 1.807) is 0 Å². The van der Waals surface area contributed by atoms with Crippen LogP contribution >= 0.6 is 11.6 Å². The highest BCUT2D eigenvalue weighted by Crippen LogP contribution is 2.27. The maximum Gasteiger partial charge on any atom is 0.224 e. The number of nitrogens with zero attached hydrogens (tertiary/aromatic N) is 2. The van der Waals surface area contributed by atoms with E-state index >= 15 is 0 Å². The van der Waals surface area contributed by atoms with Gasteiger partial charge in [-0.05, 0) is 24.4 Å². The molecule has 0 spiro atoms. The number of anilines is 1. The first-order valence-electron chi connectivity index (χ1n) is 6.23. The maximum atomic E-state index is 13.4. The average Bonchev–Trinajstić information content (AvgIpc) is 2.56. The van der Waals surface area contributed by atoms with E-state index < -0.39 is 11.4 Å². The van der Waals surface area contributed by atoms with Crippen LogP contribution in [0.5, 0.6) is 0 Å². The van der Waals surface area contributed by atoms with Gasteiger partial charge in [-0.3, -0.25) is 0 Å². The minimum Gasteiger partial charge on any atom is -0.388 e. The van der Waals surface area contributed by atoms with Crippen molar-refractivity contribution in [2.24, 2.45) is 0 Å². The molecule has 1 heterocycles. The summed E-state index contributed by atoms with van der Waals surface area (Å²) < 4.78 is 13.4. The van der Waals surface area contributed by atoms with E-state index in [9.17, 15) is 9.50 Å². The quantitative estimate of drug-likeness (QED) is 0.657. The lowest BCUT2D eigenvalue weighted by atomic mass is 9.94. The van der Waals surface area contributed by atoms with Crippen molar-refractivity contribution in [1.29, 1.82) is 0 Å². The molecule has 4 nitrogen and oxygen atoms in total. The Morgan fingerprint density at radius 2 is 2.00 bits per heavy atom. The molecule has 0 aliphatic heterocycles. The third-order valence-corrected chi connectivity index (χ3v) is 3.52. The second-order valence-corrected chi connectivity index (χ2v) is 5.17. The van der Waals surface area contributed by atoms with Gasteiger partial charge in [-0.2, -0.15) is 4.98 Å². The van der Waals surface area contributed by atoms with Crippen LogP contribution in [0.4, 0.5) is 10.2 Å². The Morgan fingerprint density at radius 1 is 1.33 bits per heavy atom. The minimum atomic E-state index is -0.777. The summed E-state index contributed by atoms with van der Waals surface area (Å²) in [5.74, 6) is -0.510. The second-order valence-electron chi connectivity index (χ2n) is 4.83. The van der Waals surface area contributed by atoms with E-state index in [-0.39, 0.29) is 17.6 Å². The largest absolute Gasteiger partial charge is 0.388 e. The summed E-state index contributed by atoms with van der Waals surface area (Å²) in [7, 11) is 0. The molecule has 1 fully saturated rings. The van der Waals surface area contributed by atoms with Crippen molar-refractivity contribution in [2.75, 3.05) is 11.9 Å². The maximum absolute atomic E-state index is 13.4. The van der Waals surface area contributed by atoms with Crippen LogP contribution in [-0.4, -0.2) is 27.2 Å². The number of hydrogen-bond donors (Lipinski definition) is 2. The number of aromatic nitrogens is 2. The van der Waals surface area contributed by atoms with Crippen LogP contribution in [0.3, 0.4) is 0 Å². The van der Waals surface area contributed by atoms with Gasteiger partial charge in [0.05, 0.1) is 11.8 Å². The molecule has 1 saturated carbocycles. The van der Waals surface area contributed by atoms with Gasteiger partial charge in [0.25, 0.3) is 0 Å². The molecule has 0 unspecified atom stereocenters. The third kappa shape index (κ3) is 3.53. The molecule has 1 aromatic heterocycles. The molecule has 2 N–H and O–H groups in total. The molecule has 100 valence electrons. The number of nitrogens with one attached hydrogen (secondary N) is 1. The van der Waals surface area contributed by atoms with Gasteiger partial charge in [-0.15, -0.1) is 0 Å². The summed E-state index contributed by atoms with van der Waals surface area (Å²) in [5.41, 5.74) is -0.777. The van der Waals surface area contributed by atoms with Gasteiger partial charge in [-0.25, -0.2) is 9.37 Å². The van der Waals surface area contributed by atoms with E-state index in [2.05, 4.69) is 15.3 Å². The van der Waals surface area contributed by atoms with E-state index in [4.69, 9.17) is 11.6 Å². The van der Waals surface area contributed by atoms with E-state index in [0.29, 0.717) is 0 Å². The molecule has 0 bridgehead atoms. The molecule has 6 heteroatoms. The summed E-state index contributed by atoms with van der Waals surface area (Å²) in [5, 5.41) is 13.2. The first-order valence-corrected chi connectivity index (χ1v) is 6.61. The van der Waals surface area contributed by atoms with Crippen molar-refractivity contribution in [3.63, 3.8) is 0 Å². The van der Waals surface area contributed by atoms with Crippen LogP contribution in [0.1, 0.15) is 38.5 Å².